The molecule has 0 aliphatic heterocycles. The van der Waals surface area contributed by atoms with E-state index in [0.717, 1.165) is 18.3 Å². The van der Waals surface area contributed by atoms with Gasteiger partial charge in [-0.2, -0.15) is 0 Å². The van der Waals surface area contributed by atoms with Gasteiger partial charge in [0.25, 0.3) is 0 Å². The van der Waals surface area contributed by atoms with Crippen molar-refractivity contribution in [1.82, 2.24) is 9.97 Å². The number of halogens is 3. The minimum atomic E-state index is -1.41. The maximum atomic E-state index is 14.1. The fraction of sp³-hybridized carbons (Fsp3) is 0.0833. The molecular formula is C12H7ClF2N2O3. The first kappa shape index (κ1) is 14.3. The van der Waals surface area contributed by atoms with Gasteiger partial charge in [0.05, 0.1) is 23.5 Å². The minimum absolute atomic E-state index is 0.0932. The van der Waals surface area contributed by atoms with Crippen molar-refractivity contribution in [3.8, 4) is 11.3 Å². The van der Waals surface area contributed by atoms with E-state index in [1.165, 1.54) is 0 Å². The highest BCUT2D eigenvalue weighted by molar-refractivity contribution is 6.32. The summed E-state index contributed by atoms with van der Waals surface area (Å²) in [6.07, 6.45) is 1.01. The summed E-state index contributed by atoms with van der Waals surface area (Å²) in [6.45, 7) is -0.847. The van der Waals surface area contributed by atoms with Crippen molar-refractivity contribution in [1.29, 1.82) is 0 Å². The Morgan fingerprint density at radius 3 is 2.65 bits per heavy atom. The molecule has 104 valence electrons. The summed E-state index contributed by atoms with van der Waals surface area (Å²) in [6, 6.07) is 1.99. The Morgan fingerprint density at radius 1 is 1.35 bits per heavy atom. The van der Waals surface area contributed by atoms with E-state index < -0.39 is 35.6 Å². The number of aromatic nitrogens is 2. The van der Waals surface area contributed by atoms with Crippen LogP contribution < -0.4 is 0 Å². The van der Waals surface area contributed by atoms with Crippen LogP contribution in [0.1, 0.15) is 16.2 Å². The molecule has 0 atom stereocenters. The van der Waals surface area contributed by atoms with Crippen molar-refractivity contribution in [2.45, 2.75) is 6.61 Å². The van der Waals surface area contributed by atoms with Crippen LogP contribution in [0.3, 0.4) is 0 Å². The van der Waals surface area contributed by atoms with E-state index in [1.54, 1.807) is 0 Å². The summed E-state index contributed by atoms with van der Waals surface area (Å²) in [5, 5.41) is 17.6. The Morgan fingerprint density at radius 2 is 2.05 bits per heavy atom. The summed E-state index contributed by atoms with van der Waals surface area (Å²) in [7, 11) is 0. The molecule has 0 fully saturated rings. The van der Waals surface area contributed by atoms with E-state index in [0.29, 0.717) is 0 Å². The first-order valence-electron chi connectivity index (χ1n) is 5.29. The van der Waals surface area contributed by atoms with Crippen molar-refractivity contribution >= 4 is 17.6 Å². The molecule has 0 saturated heterocycles. The summed E-state index contributed by atoms with van der Waals surface area (Å²) in [5.41, 5.74) is -0.953. The molecule has 1 aromatic heterocycles. The number of aromatic carboxylic acids is 1. The lowest BCUT2D eigenvalue weighted by Gasteiger charge is -2.09. The van der Waals surface area contributed by atoms with E-state index >= 15 is 0 Å². The molecule has 2 rings (SSSR count). The van der Waals surface area contributed by atoms with Crippen molar-refractivity contribution < 1.29 is 23.8 Å². The maximum Gasteiger partial charge on any atom is 0.373 e. The zero-order valence-electron chi connectivity index (χ0n) is 9.77. The number of benzene rings is 1. The average Bonchev–Trinajstić information content (AvgIpc) is 2.40. The molecule has 20 heavy (non-hydrogen) atoms. The second-order valence-corrected chi connectivity index (χ2v) is 4.15. The number of aliphatic hydroxyl groups is 1. The lowest BCUT2D eigenvalue weighted by molar-refractivity contribution is 0.0683. The quantitative estimate of drug-likeness (QED) is 0.908. The van der Waals surface area contributed by atoms with Crippen LogP contribution in [0.4, 0.5) is 8.78 Å². The molecule has 0 aliphatic carbocycles. The molecule has 2 aromatic rings. The molecule has 0 spiro atoms. The number of rotatable bonds is 3. The Kier molecular flexibility index (Phi) is 3.91. The summed E-state index contributed by atoms with van der Waals surface area (Å²) in [4.78, 5) is 17.9. The number of aliphatic hydroxyl groups excluding tert-OH is 1. The van der Waals surface area contributed by atoms with E-state index in [2.05, 4.69) is 9.97 Å². The molecule has 0 aliphatic rings. The lowest BCUT2D eigenvalue weighted by Crippen LogP contribution is -2.06. The highest BCUT2D eigenvalue weighted by atomic mass is 35.5. The van der Waals surface area contributed by atoms with Gasteiger partial charge in [0.2, 0.25) is 5.82 Å². The molecule has 0 saturated carbocycles. The third-order valence-electron chi connectivity index (χ3n) is 2.53. The van der Waals surface area contributed by atoms with Gasteiger partial charge in [0, 0.05) is 11.1 Å². The van der Waals surface area contributed by atoms with Crippen LogP contribution >= 0.6 is 11.6 Å². The number of carboxylic acid groups (broad SMARTS) is 1. The standard InChI is InChI=1S/C12H7ClF2N2O3/c13-7-3-16-11(12(19)20)17-10(7)5-1-2-8(14)6(4-18)9(5)15/h1-3,18H,4H2,(H,19,20). The topological polar surface area (TPSA) is 83.3 Å². The van der Waals surface area contributed by atoms with Gasteiger partial charge in [0.1, 0.15) is 11.6 Å². The van der Waals surface area contributed by atoms with Gasteiger partial charge in [-0.15, -0.1) is 0 Å². The Bertz CT molecular complexity index is 695. The van der Waals surface area contributed by atoms with Crippen LogP contribution in [-0.4, -0.2) is 26.2 Å². The number of carbonyl (C=O) groups is 1. The lowest BCUT2D eigenvalue weighted by atomic mass is 10.1. The Labute approximate surface area is 116 Å². The van der Waals surface area contributed by atoms with Gasteiger partial charge in [-0.3, -0.25) is 0 Å². The predicted octanol–water partition coefficient (Wildman–Crippen LogP) is 2.27. The number of carboxylic acids is 1. The number of hydrogen-bond donors (Lipinski definition) is 2. The summed E-state index contributed by atoms with van der Waals surface area (Å²) >= 11 is 5.80. The highest BCUT2D eigenvalue weighted by Crippen LogP contribution is 2.30. The van der Waals surface area contributed by atoms with Crippen molar-refractivity contribution in [3.05, 3.63) is 46.4 Å². The number of nitrogens with zero attached hydrogens (tertiary/aromatic N) is 2. The molecule has 0 bridgehead atoms. The zero-order valence-corrected chi connectivity index (χ0v) is 10.5. The van der Waals surface area contributed by atoms with E-state index in [4.69, 9.17) is 21.8 Å². The summed E-state index contributed by atoms with van der Waals surface area (Å²) < 4.78 is 27.4. The third kappa shape index (κ3) is 2.45. The molecule has 0 amide bonds. The van der Waals surface area contributed by atoms with Crippen LogP contribution in [0.25, 0.3) is 11.3 Å². The van der Waals surface area contributed by atoms with Gasteiger partial charge in [-0.1, -0.05) is 11.6 Å². The monoisotopic (exact) mass is 300 g/mol. The van der Waals surface area contributed by atoms with Crippen molar-refractivity contribution in [2.24, 2.45) is 0 Å². The first-order chi connectivity index (χ1) is 9.45. The second-order valence-electron chi connectivity index (χ2n) is 3.74. The van der Waals surface area contributed by atoms with E-state index in [9.17, 15) is 13.6 Å². The molecule has 5 nitrogen and oxygen atoms in total. The second kappa shape index (κ2) is 5.48. The van der Waals surface area contributed by atoms with Crippen LogP contribution in [0.15, 0.2) is 18.3 Å². The van der Waals surface area contributed by atoms with Gasteiger partial charge >= 0.3 is 5.97 Å². The molecule has 1 heterocycles. The molecule has 0 unspecified atom stereocenters. The van der Waals surface area contributed by atoms with E-state index in [1.807, 2.05) is 0 Å². The predicted molar refractivity (Wildman–Crippen MR) is 65.3 cm³/mol. The van der Waals surface area contributed by atoms with Gasteiger partial charge in [0.15, 0.2) is 0 Å². The first-order valence-corrected chi connectivity index (χ1v) is 5.67. The Balaban J connectivity index is 2.68. The maximum absolute atomic E-state index is 14.1. The van der Waals surface area contributed by atoms with Crippen LogP contribution in [0, 0.1) is 11.6 Å². The largest absolute Gasteiger partial charge is 0.475 e. The van der Waals surface area contributed by atoms with Crippen molar-refractivity contribution in [3.63, 3.8) is 0 Å². The van der Waals surface area contributed by atoms with E-state index in [-0.39, 0.29) is 16.3 Å². The van der Waals surface area contributed by atoms with Gasteiger partial charge in [-0.05, 0) is 12.1 Å². The van der Waals surface area contributed by atoms with Crippen LogP contribution in [0.5, 0.6) is 0 Å². The van der Waals surface area contributed by atoms with Crippen molar-refractivity contribution in [2.75, 3.05) is 0 Å². The molecular weight excluding hydrogens is 294 g/mol. The fourth-order valence-electron chi connectivity index (χ4n) is 1.58. The molecule has 0 radical (unpaired) electrons. The molecule has 2 N–H and O–H groups in total. The number of hydrogen-bond acceptors (Lipinski definition) is 4. The average molecular weight is 301 g/mol. The minimum Gasteiger partial charge on any atom is -0.475 e. The smallest absolute Gasteiger partial charge is 0.373 e. The van der Waals surface area contributed by atoms with Gasteiger partial charge < -0.3 is 10.2 Å². The molecule has 1 aromatic carbocycles. The third-order valence-corrected chi connectivity index (χ3v) is 2.81. The zero-order chi connectivity index (χ0) is 14.9. The Hall–Kier alpha value is -2.12. The van der Waals surface area contributed by atoms with Crippen LogP contribution in [0.2, 0.25) is 5.02 Å². The summed E-state index contributed by atoms with van der Waals surface area (Å²) in [5.74, 6) is -3.95. The molecule has 8 heteroatoms. The highest BCUT2D eigenvalue weighted by Gasteiger charge is 2.19. The van der Waals surface area contributed by atoms with Gasteiger partial charge in [-0.25, -0.2) is 23.5 Å². The van der Waals surface area contributed by atoms with Crippen LogP contribution in [-0.2, 0) is 6.61 Å². The SMILES string of the molecule is O=C(O)c1ncc(Cl)c(-c2ccc(F)c(CO)c2F)n1. The fourth-order valence-corrected chi connectivity index (χ4v) is 1.78. The normalized spacial score (nSPS) is 10.6.